The van der Waals surface area contributed by atoms with Gasteiger partial charge >= 0.3 is 12.0 Å². The van der Waals surface area contributed by atoms with E-state index in [1.54, 1.807) is 24.3 Å². The zero-order chi connectivity index (χ0) is 19.1. The molecule has 0 fully saturated rings. The van der Waals surface area contributed by atoms with Gasteiger partial charge in [0.15, 0.2) is 6.61 Å². The summed E-state index contributed by atoms with van der Waals surface area (Å²) in [5, 5.41) is 4.79. The Kier molecular flexibility index (Phi) is 6.32. The third-order valence-electron chi connectivity index (χ3n) is 3.51. The van der Waals surface area contributed by atoms with Crippen molar-refractivity contribution in [3.05, 3.63) is 59.2 Å². The van der Waals surface area contributed by atoms with Crippen molar-refractivity contribution in [1.29, 1.82) is 0 Å². The maximum atomic E-state index is 11.9. The smallest absolute Gasteiger partial charge is 0.337 e. The van der Waals surface area contributed by atoms with E-state index in [4.69, 9.17) is 4.74 Å². The minimum absolute atomic E-state index is 0.304. The average Bonchev–Trinajstić information content (AvgIpc) is 2.62. The SMILES string of the molecule is COC(=O)c1cccc(OCC(=O)NC(=O)Nc2ccc(C)cc2C)c1. The Balaban J connectivity index is 1.86. The van der Waals surface area contributed by atoms with Crippen LogP contribution in [0, 0.1) is 13.8 Å². The van der Waals surface area contributed by atoms with Crippen LogP contribution in [-0.4, -0.2) is 31.6 Å². The predicted molar refractivity (Wildman–Crippen MR) is 96.4 cm³/mol. The van der Waals surface area contributed by atoms with Crippen molar-refractivity contribution in [2.45, 2.75) is 13.8 Å². The number of aryl methyl sites for hydroxylation is 2. The molecular formula is C19H20N2O5. The van der Waals surface area contributed by atoms with Crippen LogP contribution >= 0.6 is 0 Å². The molecule has 0 aliphatic carbocycles. The number of carbonyl (C=O) groups excluding carboxylic acids is 3. The van der Waals surface area contributed by atoms with Crippen LogP contribution < -0.4 is 15.4 Å². The fourth-order valence-corrected chi connectivity index (χ4v) is 2.25. The predicted octanol–water partition coefficient (Wildman–Crippen LogP) is 2.82. The van der Waals surface area contributed by atoms with Crippen molar-refractivity contribution in [3.63, 3.8) is 0 Å². The molecule has 0 aliphatic rings. The second kappa shape index (κ2) is 8.66. The molecule has 0 aliphatic heterocycles. The van der Waals surface area contributed by atoms with Crippen LogP contribution in [0.25, 0.3) is 0 Å². The van der Waals surface area contributed by atoms with Crippen LogP contribution in [-0.2, 0) is 9.53 Å². The van der Waals surface area contributed by atoms with E-state index in [1.807, 2.05) is 26.0 Å². The van der Waals surface area contributed by atoms with E-state index in [9.17, 15) is 14.4 Å². The molecule has 7 nitrogen and oxygen atoms in total. The first-order chi connectivity index (χ1) is 12.4. The molecule has 0 radical (unpaired) electrons. The molecule has 0 unspecified atom stereocenters. The summed E-state index contributed by atoms with van der Waals surface area (Å²) in [6.45, 7) is 3.44. The number of imide groups is 1. The van der Waals surface area contributed by atoms with Crippen LogP contribution in [0.5, 0.6) is 5.75 Å². The first-order valence-electron chi connectivity index (χ1n) is 7.88. The summed E-state index contributed by atoms with van der Waals surface area (Å²) in [6.07, 6.45) is 0. The van der Waals surface area contributed by atoms with Gasteiger partial charge in [0.25, 0.3) is 5.91 Å². The molecule has 0 saturated carbocycles. The maximum Gasteiger partial charge on any atom is 0.337 e. The number of ether oxygens (including phenoxy) is 2. The molecular weight excluding hydrogens is 336 g/mol. The third-order valence-corrected chi connectivity index (χ3v) is 3.51. The number of esters is 1. The normalized spacial score (nSPS) is 9.96. The van der Waals surface area contributed by atoms with Crippen LogP contribution in [0.15, 0.2) is 42.5 Å². The Morgan fingerprint density at radius 2 is 1.81 bits per heavy atom. The number of anilines is 1. The van der Waals surface area contributed by atoms with Gasteiger partial charge in [-0.15, -0.1) is 0 Å². The lowest BCUT2D eigenvalue weighted by atomic mass is 10.1. The summed E-state index contributed by atoms with van der Waals surface area (Å²) in [5.41, 5.74) is 2.89. The highest BCUT2D eigenvalue weighted by Gasteiger charge is 2.11. The zero-order valence-corrected chi connectivity index (χ0v) is 14.8. The van der Waals surface area contributed by atoms with Gasteiger partial charge in [-0.1, -0.05) is 23.8 Å². The number of hydrogen-bond donors (Lipinski definition) is 2. The largest absolute Gasteiger partial charge is 0.484 e. The lowest BCUT2D eigenvalue weighted by molar-refractivity contribution is -0.121. The van der Waals surface area contributed by atoms with Crippen molar-refractivity contribution in [3.8, 4) is 5.75 Å². The standard InChI is InChI=1S/C19H20N2O5/c1-12-7-8-16(13(2)9-12)20-19(24)21-17(22)11-26-15-6-4-5-14(10-15)18(23)25-3/h4-10H,11H2,1-3H3,(H2,20,21,22,24). The lowest BCUT2D eigenvalue weighted by Gasteiger charge is -2.10. The molecule has 0 aromatic heterocycles. The molecule has 0 heterocycles. The number of urea groups is 1. The summed E-state index contributed by atoms with van der Waals surface area (Å²) in [4.78, 5) is 35.2. The summed E-state index contributed by atoms with van der Waals surface area (Å²) in [6, 6.07) is 11.1. The van der Waals surface area contributed by atoms with Crippen LogP contribution in [0.3, 0.4) is 0 Å². The van der Waals surface area contributed by atoms with Crippen molar-refractivity contribution in [2.24, 2.45) is 0 Å². The summed E-state index contributed by atoms with van der Waals surface area (Å²) in [5.74, 6) is -0.804. The van der Waals surface area contributed by atoms with Crippen LogP contribution in [0.2, 0.25) is 0 Å². The van der Waals surface area contributed by atoms with E-state index in [2.05, 4.69) is 15.4 Å². The van der Waals surface area contributed by atoms with Crippen molar-refractivity contribution < 1.29 is 23.9 Å². The van der Waals surface area contributed by atoms with Gasteiger partial charge in [0.1, 0.15) is 5.75 Å². The van der Waals surface area contributed by atoms with Gasteiger partial charge in [0.05, 0.1) is 12.7 Å². The van der Waals surface area contributed by atoms with Gasteiger partial charge < -0.3 is 14.8 Å². The molecule has 7 heteroatoms. The number of amides is 3. The van der Waals surface area contributed by atoms with Gasteiger partial charge in [-0.3, -0.25) is 10.1 Å². The first kappa shape index (κ1) is 19.0. The molecule has 26 heavy (non-hydrogen) atoms. The van der Waals surface area contributed by atoms with Crippen molar-refractivity contribution in [1.82, 2.24) is 5.32 Å². The molecule has 2 N–H and O–H groups in total. The molecule has 2 rings (SSSR count). The lowest BCUT2D eigenvalue weighted by Crippen LogP contribution is -2.37. The van der Waals surface area contributed by atoms with E-state index in [0.717, 1.165) is 11.1 Å². The quantitative estimate of drug-likeness (QED) is 0.804. The van der Waals surface area contributed by atoms with Crippen LogP contribution in [0.1, 0.15) is 21.5 Å². The Bertz CT molecular complexity index is 832. The fourth-order valence-electron chi connectivity index (χ4n) is 2.25. The van der Waals surface area contributed by atoms with Crippen LogP contribution in [0.4, 0.5) is 10.5 Å². The maximum absolute atomic E-state index is 11.9. The number of rotatable bonds is 5. The second-order valence-corrected chi connectivity index (χ2v) is 5.63. The van der Waals surface area contributed by atoms with Gasteiger partial charge in [-0.05, 0) is 43.7 Å². The van der Waals surface area contributed by atoms with E-state index in [-0.39, 0.29) is 6.61 Å². The number of methoxy groups -OCH3 is 1. The highest BCUT2D eigenvalue weighted by Crippen LogP contribution is 2.16. The van der Waals surface area contributed by atoms with E-state index >= 15 is 0 Å². The highest BCUT2D eigenvalue weighted by atomic mass is 16.5. The van der Waals surface area contributed by atoms with E-state index in [1.165, 1.54) is 13.2 Å². The molecule has 0 bridgehead atoms. The summed E-state index contributed by atoms with van der Waals surface area (Å²) < 4.78 is 9.91. The van der Waals surface area contributed by atoms with Gasteiger partial charge in [-0.2, -0.15) is 0 Å². The third kappa shape index (κ3) is 5.34. The zero-order valence-electron chi connectivity index (χ0n) is 14.8. The number of hydrogen-bond acceptors (Lipinski definition) is 5. The van der Waals surface area contributed by atoms with Gasteiger partial charge in [0.2, 0.25) is 0 Å². The molecule has 0 saturated heterocycles. The minimum atomic E-state index is -0.645. The van der Waals surface area contributed by atoms with E-state index < -0.39 is 17.9 Å². The highest BCUT2D eigenvalue weighted by molar-refractivity contribution is 6.02. The molecule has 0 spiro atoms. The summed E-state index contributed by atoms with van der Waals surface area (Å²) in [7, 11) is 1.28. The molecule has 136 valence electrons. The van der Waals surface area contributed by atoms with E-state index in [0.29, 0.717) is 17.0 Å². The summed E-state index contributed by atoms with van der Waals surface area (Å²) >= 11 is 0. The number of benzene rings is 2. The number of carbonyl (C=O) groups is 3. The Labute approximate surface area is 151 Å². The second-order valence-electron chi connectivity index (χ2n) is 5.63. The van der Waals surface area contributed by atoms with Crippen molar-refractivity contribution in [2.75, 3.05) is 19.0 Å². The van der Waals surface area contributed by atoms with Gasteiger partial charge in [-0.25, -0.2) is 9.59 Å². The van der Waals surface area contributed by atoms with Crippen molar-refractivity contribution >= 4 is 23.6 Å². The topological polar surface area (TPSA) is 93.7 Å². The first-order valence-corrected chi connectivity index (χ1v) is 7.88. The molecule has 2 aromatic rings. The number of nitrogens with one attached hydrogen (secondary N) is 2. The molecule has 3 amide bonds. The Morgan fingerprint density at radius 3 is 2.50 bits per heavy atom. The fraction of sp³-hybridized carbons (Fsp3) is 0.211. The van der Waals surface area contributed by atoms with Gasteiger partial charge in [0, 0.05) is 5.69 Å². The molecule has 2 aromatic carbocycles. The minimum Gasteiger partial charge on any atom is -0.484 e. The monoisotopic (exact) mass is 356 g/mol. The average molecular weight is 356 g/mol. The Morgan fingerprint density at radius 1 is 1.04 bits per heavy atom. The molecule has 0 atom stereocenters. The Hall–Kier alpha value is -3.35.